The summed E-state index contributed by atoms with van der Waals surface area (Å²) in [5.41, 5.74) is 0.935. The van der Waals surface area contributed by atoms with Crippen molar-refractivity contribution in [2.75, 3.05) is 18.8 Å². The molecular formula is C15H19ClN4OS. The van der Waals surface area contributed by atoms with Gasteiger partial charge in [0.05, 0.1) is 5.75 Å². The summed E-state index contributed by atoms with van der Waals surface area (Å²) in [7, 11) is 0. The van der Waals surface area contributed by atoms with Crippen LogP contribution in [0.5, 0.6) is 0 Å². The van der Waals surface area contributed by atoms with Crippen molar-refractivity contribution in [3.05, 3.63) is 35.1 Å². The number of carbonyl (C=O) groups excluding carboxylic acids is 1. The van der Waals surface area contributed by atoms with Gasteiger partial charge in [0.1, 0.15) is 5.82 Å². The fourth-order valence-electron chi connectivity index (χ4n) is 2.12. The van der Waals surface area contributed by atoms with Crippen LogP contribution in [-0.4, -0.2) is 44.4 Å². The number of carbonyl (C=O) groups is 1. The van der Waals surface area contributed by atoms with Crippen LogP contribution in [0.2, 0.25) is 5.02 Å². The zero-order valence-electron chi connectivity index (χ0n) is 12.9. The predicted octanol–water partition coefficient (Wildman–Crippen LogP) is 3.19. The van der Waals surface area contributed by atoms with Gasteiger partial charge in [-0.2, -0.15) is 0 Å². The second-order valence-corrected chi connectivity index (χ2v) is 6.08. The molecule has 1 heterocycles. The summed E-state index contributed by atoms with van der Waals surface area (Å²) in [6, 6.07) is 7.47. The molecule has 0 aliphatic heterocycles. The second kappa shape index (κ2) is 7.65. The van der Waals surface area contributed by atoms with Crippen molar-refractivity contribution in [2.45, 2.75) is 25.9 Å². The van der Waals surface area contributed by atoms with E-state index in [9.17, 15) is 4.79 Å². The van der Waals surface area contributed by atoms with Gasteiger partial charge in [-0.3, -0.25) is 9.36 Å². The highest BCUT2D eigenvalue weighted by atomic mass is 35.5. The van der Waals surface area contributed by atoms with Gasteiger partial charge in [-0.05, 0) is 45.0 Å². The van der Waals surface area contributed by atoms with Crippen LogP contribution < -0.4 is 0 Å². The number of amides is 1. The molecule has 1 aromatic heterocycles. The molecule has 0 atom stereocenters. The Kier molecular flexibility index (Phi) is 5.85. The highest BCUT2D eigenvalue weighted by molar-refractivity contribution is 7.99. The molecule has 1 amide bonds. The van der Waals surface area contributed by atoms with Crippen molar-refractivity contribution in [1.82, 2.24) is 19.7 Å². The molecule has 0 aliphatic rings. The first kappa shape index (κ1) is 16.8. The van der Waals surface area contributed by atoms with E-state index in [4.69, 9.17) is 11.6 Å². The Labute approximate surface area is 139 Å². The molecular weight excluding hydrogens is 320 g/mol. The molecule has 0 bridgehead atoms. The quantitative estimate of drug-likeness (QED) is 0.759. The van der Waals surface area contributed by atoms with Crippen molar-refractivity contribution in [1.29, 1.82) is 0 Å². The molecule has 1 aromatic carbocycles. The van der Waals surface area contributed by atoms with Gasteiger partial charge in [-0.1, -0.05) is 23.4 Å². The smallest absolute Gasteiger partial charge is 0.233 e. The van der Waals surface area contributed by atoms with E-state index in [2.05, 4.69) is 10.2 Å². The maximum Gasteiger partial charge on any atom is 0.233 e. The van der Waals surface area contributed by atoms with E-state index in [1.807, 2.05) is 54.5 Å². The summed E-state index contributed by atoms with van der Waals surface area (Å²) in [4.78, 5) is 13.9. The van der Waals surface area contributed by atoms with Gasteiger partial charge in [-0.25, -0.2) is 0 Å². The van der Waals surface area contributed by atoms with Crippen molar-refractivity contribution in [3.63, 3.8) is 0 Å². The third kappa shape index (κ3) is 3.81. The zero-order chi connectivity index (χ0) is 16.1. The molecule has 2 rings (SSSR count). The Balaban J connectivity index is 2.16. The number of hydrogen-bond donors (Lipinski definition) is 0. The van der Waals surface area contributed by atoms with Gasteiger partial charge >= 0.3 is 0 Å². The average molecular weight is 339 g/mol. The van der Waals surface area contributed by atoms with Gasteiger partial charge in [0.25, 0.3) is 0 Å². The fourth-order valence-corrected chi connectivity index (χ4v) is 3.14. The minimum atomic E-state index is 0.110. The number of benzene rings is 1. The van der Waals surface area contributed by atoms with E-state index in [0.717, 1.165) is 24.6 Å². The predicted molar refractivity (Wildman–Crippen MR) is 89.8 cm³/mol. The van der Waals surface area contributed by atoms with Crippen molar-refractivity contribution < 1.29 is 4.79 Å². The number of thioether (sulfide) groups is 1. The van der Waals surface area contributed by atoms with E-state index in [0.29, 0.717) is 15.9 Å². The summed E-state index contributed by atoms with van der Waals surface area (Å²) in [6.07, 6.45) is 0. The Morgan fingerprint density at radius 2 is 1.86 bits per heavy atom. The maximum atomic E-state index is 12.1. The molecule has 7 heteroatoms. The number of aryl methyl sites for hydroxylation is 1. The zero-order valence-corrected chi connectivity index (χ0v) is 14.5. The van der Waals surface area contributed by atoms with Crippen LogP contribution in [0.25, 0.3) is 5.69 Å². The lowest BCUT2D eigenvalue weighted by Crippen LogP contribution is -2.31. The Morgan fingerprint density at radius 3 is 2.45 bits per heavy atom. The fraction of sp³-hybridized carbons (Fsp3) is 0.400. The van der Waals surface area contributed by atoms with Gasteiger partial charge in [-0.15, -0.1) is 10.2 Å². The standard InChI is InChI=1S/C15H19ClN4OS/c1-4-19(5-2)14(21)10-22-15-18-17-11(3)20(15)13-8-6-12(16)7-9-13/h6-9H,4-5,10H2,1-3H3. The molecule has 5 nitrogen and oxygen atoms in total. The molecule has 0 aliphatic carbocycles. The largest absolute Gasteiger partial charge is 0.343 e. The van der Waals surface area contributed by atoms with E-state index in [1.165, 1.54) is 11.8 Å². The number of halogens is 1. The average Bonchev–Trinajstić information content (AvgIpc) is 2.88. The lowest BCUT2D eigenvalue weighted by Gasteiger charge is -2.18. The number of rotatable bonds is 6. The summed E-state index contributed by atoms with van der Waals surface area (Å²) < 4.78 is 1.93. The van der Waals surface area contributed by atoms with Crippen molar-refractivity contribution >= 4 is 29.3 Å². The van der Waals surface area contributed by atoms with Crippen LogP contribution in [0.3, 0.4) is 0 Å². The summed E-state index contributed by atoms with van der Waals surface area (Å²) in [6.45, 7) is 7.29. The minimum Gasteiger partial charge on any atom is -0.343 e. The first-order valence-corrected chi connectivity index (χ1v) is 8.51. The number of hydrogen-bond acceptors (Lipinski definition) is 4. The summed E-state index contributed by atoms with van der Waals surface area (Å²) in [5, 5.41) is 9.67. The van der Waals surface area contributed by atoms with Crippen LogP contribution >= 0.6 is 23.4 Å². The van der Waals surface area contributed by atoms with Crippen LogP contribution in [0.1, 0.15) is 19.7 Å². The third-order valence-corrected chi connectivity index (χ3v) is 4.49. The first-order chi connectivity index (χ1) is 10.6. The van der Waals surface area contributed by atoms with Crippen molar-refractivity contribution in [2.24, 2.45) is 0 Å². The molecule has 0 N–H and O–H groups in total. The Hall–Kier alpha value is -1.53. The molecule has 0 saturated heterocycles. The lowest BCUT2D eigenvalue weighted by molar-refractivity contribution is -0.127. The van der Waals surface area contributed by atoms with Gasteiger partial charge in [0.2, 0.25) is 5.91 Å². The van der Waals surface area contributed by atoms with E-state index in [-0.39, 0.29) is 5.91 Å². The lowest BCUT2D eigenvalue weighted by atomic mass is 10.3. The number of nitrogens with zero attached hydrogens (tertiary/aromatic N) is 4. The summed E-state index contributed by atoms with van der Waals surface area (Å²) in [5.74, 6) is 1.24. The molecule has 0 spiro atoms. The van der Waals surface area contributed by atoms with Gasteiger partial charge < -0.3 is 4.90 Å². The van der Waals surface area contributed by atoms with Crippen LogP contribution in [0.4, 0.5) is 0 Å². The van der Waals surface area contributed by atoms with Crippen molar-refractivity contribution in [3.8, 4) is 5.69 Å². The van der Waals surface area contributed by atoms with Gasteiger partial charge in [0, 0.05) is 23.8 Å². The van der Waals surface area contributed by atoms with E-state index >= 15 is 0 Å². The molecule has 0 radical (unpaired) electrons. The SMILES string of the molecule is CCN(CC)C(=O)CSc1nnc(C)n1-c1ccc(Cl)cc1. The van der Waals surface area contributed by atoms with Crippen LogP contribution in [0, 0.1) is 6.92 Å². The molecule has 22 heavy (non-hydrogen) atoms. The topological polar surface area (TPSA) is 51.0 Å². The number of aromatic nitrogens is 3. The highest BCUT2D eigenvalue weighted by Gasteiger charge is 2.15. The molecule has 0 saturated carbocycles. The molecule has 0 fully saturated rings. The van der Waals surface area contributed by atoms with E-state index in [1.54, 1.807) is 0 Å². The van der Waals surface area contributed by atoms with Crippen LogP contribution in [-0.2, 0) is 4.79 Å². The van der Waals surface area contributed by atoms with E-state index < -0.39 is 0 Å². The Morgan fingerprint density at radius 1 is 1.23 bits per heavy atom. The Bertz CT molecular complexity index is 637. The monoisotopic (exact) mass is 338 g/mol. The van der Waals surface area contributed by atoms with Crippen LogP contribution in [0.15, 0.2) is 29.4 Å². The minimum absolute atomic E-state index is 0.110. The normalized spacial score (nSPS) is 10.7. The molecule has 2 aromatic rings. The summed E-state index contributed by atoms with van der Waals surface area (Å²) >= 11 is 7.33. The molecule has 118 valence electrons. The van der Waals surface area contributed by atoms with Gasteiger partial charge in [0.15, 0.2) is 5.16 Å². The highest BCUT2D eigenvalue weighted by Crippen LogP contribution is 2.23. The second-order valence-electron chi connectivity index (χ2n) is 4.70. The molecule has 0 unspecified atom stereocenters. The third-order valence-electron chi connectivity index (χ3n) is 3.32. The first-order valence-electron chi connectivity index (χ1n) is 7.15. The maximum absolute atomic E-state index is 12.1.